The van der Waals surface area contributed by atoms with Crippen molar-refractivity contribution in [1.29, 1.82) is 0 Å². The van der Waals surface area contributed by atoms with Gasteiger partial charge >= 0.3 is 0 Å². The first kappa shape index (κ1) is 17.9. The molecule has 0 fully saturated rings. The van der Waals surface area contributed by atoms with Gasteiger partial charge in [-0.15, -0.1) is 0 Å². The largest absolute Gasteiger partial charge is 0.360 e. The van der Waals surface area contributed by atoms with Crippen LogP contribution in [0.3, 0.4) is 0 Å². The van der Waals surface area contributed by atoms with E-state index in [0.29, 0.717) is 21.6 Å². The molecule has 10 heteroatoms. The van der Waals surface area contributed by atoms with Gasteiger partial charge in [0.15, 0.2) is 0 Å². The SMILES string of the molecule is O=S(O)NCN(c1cccc2[nH]cc(Cl)c12)S(=O)(=O)c1ccccc1. The number of nitrogens with zero attached hydrogens (tertiary/aromatic N) is 1. The smallest absolute Gasteiger partial charge is 0.265 e. The van der Waals surface area contributed by atoms with Crippen molar-refractivity contribution in [3.8, 4) is 0 Å². The molecule has 3 aromatic rings. The number of sulfonamides is 1. The molecule has 1 atom stereocenters. The van der Waals surface area contributed by atoms with Crippen molar-refractivity contribution < 1.29 is 17.2 Å². The van der Waals surface area contributed by atoms with Gasteiger partial charge in [-0.2, -0.15) is 4.72 Å². The van der Waals surface area contributed by atoms with Crippen LogP contribution in [0.25, 0.3) is 10.9 Å². The lowest BCUT2D eigenvalue weighted by Crippen LogP contribution is -2.39. The highest BCUT2D eigenvalue weighted by molar-refractivity contribution is 7.93. The minimum atomic E-state index is -3.98. The molecule has 1 unspecified atom stereocenters. The third-order valence-electron chi connectivity index (χ3n) is 3.57. The molecule has 0 radical (unpaired) electrons. The van der Waals surface area contributed by atoms with E-state index in [2.05, 4.69) is 9.71 Å². The molecule has 0 bridgehead atoms. The zero-order valence-electron chi connectivity index (χ0n) is 12.7. The fourth-order valence-electron chi connectivity index (χ4n) is 2.47. The topological polar surface area (TPSA) is 102 Å². The van der Waals surface area contributed by atoms with E-state index in [4.69, 9.17) is 16.2 Å². The van der Waals surface area contributed by atoms with E-state index in [1.165, 1.54) is 12.1 Å². The maximum absolute atomic E-state index is 13.1. The van der Waals surface area contributed by atoms with Gasteiger partial charge in [-0.1, -0.05) is 35.9 Å². The van der Waals surface area contributed by atoms with Crippen LogP contribution in [0, 0.1) is 0 Å². The van der Waals surface area contributed by atoms with E-state index in [9.17, 15) is 12.6 Å². The average molecular weight is 400 g/mol. The molecule has 1 aromatic heterocycles. The van der Waals surface area contributed by atoms with Crippen molar-refractivity contribution in [3.63, 3.8) is 0 Å². The van der Waals surface area contributed by atoms with Crippen LogP contribution >= 0.6 is 11.6 Å². The number of aromatic nitrogens is 1. The molecule has 0 spiro atoms. The predicted octanol–water partition coefficient (Wildman–Crippen LogP) is 2.70. The number of nitrogens with one attached hydrogen (secondary N) is 2. The number of halogens is 1. The lowest BCUT2D eigenvalue weighted by molar-refractivity contribution is 0.549. The summed E-state index contributed by atoms with van der Waals surface area (Å²) in [6.45, 7) is -0.402. The van der Waals surface area contributed by atoms with Crippen LogP contribution in [-0.2, 0) is 21.3 Å². The van der Waals surface area contributed by atoms with Crippen molar-refractivity contribution in [2.24, 2.45) is 0 Å². The normalized spacial score (nSPS) is 13.0. The summed E-state index contributed by atoms with van der Waals surface area (Å²) in [6.07, 6.45) is 1.56. The molecule has 0 aliphatic carbocycles. The lowest BCUT2D eigenvalue weighted by atomic mass is 10.2. The van der Waals surface area contributed by atoms with Gasteiger partial charge in [-0.25, -0.2) is 12.6 Å². The molecule has 25 heavy (non-hydrogen) atoms. The second kappa shape index (κ2) is 7.14. The Morgan fingerprint density at radius 3 is 2.56 bits per heavy atom. The van der Waals surface area contributed by atoms with Crippen LogP contribution in [0.4, 0.5) is 5.69 Å². The zero-order valence-corrected chi connectivity index (χ0v) is 15.1. The van der Waals surface area contributed by atoms with Crippen molar-refractivity contribution in [2.45, 2.75) is 4.90 Å². The van der Waals surface area contributed by atoms with E-state index >= 15 is 0 Å². The monoisotopic (exact) mass is 399 g/mol. The number of anilines is 1. The summed E-state index contributed by atoms with van der Waals surface area (Å²) in [5.41, 5.74) is 0.950. The highest BCUT2D eigenvalue weighted by atomic mass is 35.5. The van der Waals surface area contributed by atoms with Gasteiger partial charge in [-0.05, 0) is 24.3 Å². The first-order valence-corrected chi connectivity index (χ1v) is 10.0. The summed E-state index contributed by atoms with van der Waals surface area (Å²) < 4.78 is 49.4. The molecule has 2 aromatic carbocycles. The van der Waals surface area contributed by atoms with Gasteiger partial charge in [-0.3, -0.25) is 8.86 Å². The number of hydrogen-bond acceptors (Lipinski definition) is 3. The van der Waals surface area contributed by atoms with Gasteiger partial charge in [0.25, 0.3) is 10.0 Å². The summed E-state index contributed by atoms with van der Waals surface area (Å²) in [6, 6.07) is 12.8. The van der Waals surface area contributed by atoms with Gasteiger partial charge in [0.1, 0.15) is 0 Å². The van der Waals surface area contributed by atoms with Gasteiger partial charge in [0.2, 0.25) is 11.3 Å². The number of aromatic amines is 1. The molecule has 132 valence electrons. The molecular formula is C15H14ClN3O4S2. The molecule has 3 rings (SSSR count). The number of benzene rings is 2. The Bertz CT molecular complexity index is 1020. The van der Waals surface area contributed by atoms with Gasteiger partial charge < -0.3 is 4.98 Å². The molecule has 0 aliphatic rings. The summed E-state index contributed by atoms with van der Waals surface area (Å²) in [7, 11) is -3.98. The van der Waals surface area contributed by atoms with Crippen LogP contribution in [-0.4, -0.2) is 28.8 Å². The van der Waals surface area contributed by atoms with Crippen molar-refractivity contribution >= 4 is 49.5 Å². The Hall–Kier alpha value is -1.91. The van der Waals surface area contributed by atoms with E-state index in [0.717, 1.165) is 4.31 Å². The number of hydrogen-bond donors (Lipinski definition) is 3. The quantitative estimate of drug-likeness (QED) is 0.438. The molecular weight excluding hydrogens is 386 g/mol. The average Bonchev–Trinajstić information content (AvgIpc) is 2.97. The van der Waals surface area contributed by atoms with Crippen LogP contribution in [0.5, 0.6) is 0 Å². The van der Waals surface area contributed by atoms with E-state index in [-0.39, 0.29) is 4.90 Å². The molecule has 3 N–H and O–H groups in total. The van der Waals surface area contributed by atoms with Crippen molar-refractivity contribution in [2.75, 3.05) is 11.0 Å². The lowest BCUT2D eigenvalue weighted by Gasteiger charge is -2.25. The Kier molecular flexibility index (Phi) is 5.11. The minimum absolute atomic E-state index is 0.0594. The molecule has 0 saturated carbocycles. The van der Waals surface area contributed by atoms with Crippen LogP contribution in [0.2, 0.25) is 5.02 Å². The Labute approximate surface area is 152 Å². The number of H-pyrrole nitrogens is 1. The molecule has 0 aliphatic heterocycles. The molecule has 0 saturated heterocycles. The number of rotatable bonds is 6. The second-order valence-corrected chi connectivity index (χ2v) is 8.11. The second-order valence-electron chi connectivity index (χ2n) is 5.05. The summed E-state index contributed by atoms with van der Waals surface area (Å²) in [4.78, 5) is 3.02. The highest BCUT2D eigenvalue weighted by Crippen LogP contribution is 2.35. The first-order chi connectivity index (χ1) is 11.9. The fourth-order valence-corrected chi connectivity index (χ4v) is 4.44. The molecule has 0 amide bonds. The summed E-state index contributed by atoms with van der Waals surface area (Å²) in [5.74, 6) is 0. The van der Waals surface area contributed by atoms with Crippen LogP contribution < -0.4 is 9.03 Å². The van der Waals surface area contributed by atoms with E-state index in [1.54, 1.807) is 42.6 Å². The van der Waals surface area contributed by atoms with Crippen molar-refractivity contribution in [1.82, 2.24) is 9.71 Å². The summed E-state index contributed by atoms with van der Waals surface area (Å²) >= 11 is 3.82. The van der Waals surface area contributed by atoms with E-state index in [1.807, 2.05) is 0 Å². The zero-order chi connectivity index (χ0) is 18.0. The minimum Gasteiger partial charge on any atom is -0.360 e. The summed E-state index contributed by atoms with van der Waals surface area (Å²) in [5, 5.41) is 0.859. The molecule has 7 nitrogen and oxygen atoms in total. The standard InChI is InChI=1S/C15H14ClN3O4S2/c16-12-9-17-13-7-4-8-14(15(12)13)19(10-18-24(20)21)25(22,23)11-5-2-1-3-6-11/h1-9,17-18H,10H2,(H,20,21). The van der Waals surface area contributed by atoms with Gasteiger partial charge in [0.05, 0.1) is 22.3 Å². The van der Waals surface area contributed by atoms with Crippen LogP contribution in [0.15, 0.2) is 59.6 Å². The fraction of sp³-hybridized carbons (Fsp3) is 0.0667. The Morgan fingerprint density at radius 1 is 1.16 bits per heavy atom. The van der Waals surface area contributed by atoms with Crippen molar-refractivity contribution in [3.05, 3.63) is 59.8 Å². The van der Waals surface area contributed by atoms with E-state index < -0.39 is 28.0 Å². The number of fused-ring (bicyclic) bond motifs is 1. The van der Waals surface area contributed by atoms with Gasteiger partial charge in [0, 0.05) is 17.1 Å². The Morgan fingerprint density at radius 2 is 1.88 bits per heavy atom. The molecule has 1 heterocycles. The van der Waals surface area contributed by atoms with Crippen LogP contribution in [0.1, 0.15) is 0 Å². The third-order valence-corrected chi connectivity index (χ3v) is 6.02. The maximum Gasteiger partial charge on any atom is 0.265 e. The predicted molar refractivity (Wildman–Crippen MR) is 98.2 cm³/mol. The maximum atomic E-state index is 13.1. The first-order valence-electron chi connectivity index (χ1n) is 7.09. The third kappa shape index (κ3) is 3.55. The Balaban J connectivity index is 2.18. The highest BCUT2D eigenvalue weighted by Gasteiger charge is 2.27.